The molecule has 0 bridgehead atoms. The topological polar surface area (TPSA) is 72.1 Å². The van der Waals surface area contributed by atoms with E-state index >= 15 is 0 Å². The molecule has 0 aliphatic heterocycles. The molecule has 0 radical (unpaired) electrons. The molecule has 0 saturated heterocycles. The number of aliphatic imine (C=N–C) groups is 1. The Morgan fingerprint density at radius 3 is 2.38 bits per heavy atom. The molecule has 0 unspecified atom stereocenters. The van der Waals surface area contributed by atoms with Crippen LogP contribution in [-0.2, 0) is 13.0 Å². The molecule has 1 heterocycles. The first-order valence-corrected chi connectivity index (χ1v) is 9.53. The van der Waals surface area contributed by atoms with E-state index in [1.807, 2.05) is 33.0 Å². The number of rotatable bonds is 8. The lowest BCUT2D eigenvalue weighted by Gasteiger charge is -2.23. The summed E-state index contributed by atoms with van der Waals surface area (Å²) in [6.45, 7) is 10.2. The van der Waals surface area contributed by atoms with Crippen molar-refractivity contribution in [2.75, 3.05) is 34.4 Å². The van der Waals surface area contributed by atoms with Gasteiger partial charge in [0.15, 0.2) is 17.5 Å². The summed E-state index contributed by atoms with van der Waals surface area (Å²) in [5, 5.41) is 7.37. The number of guanidine groups is 1. The molecule has 0 aliphatic carbocycles. The molecular formula is C21H33IN4O3. The van der Waals surface area contributed by atoms with Crippen LogP contribution in [0.15, 0.2) is 21.6 Å². The fraction of sp³-hybridized carbons (Fsp3) is 0.524. The molecule has 0 saturated carbocycles. The summed E-state index contributed by atoms with van der Waals surface area (Å²) >= 11 is 0. The molecule has 2 rings (SSSR count). The number of hydrogen-bond donors (Lipinski definition) is 1. The van der Waals surface area contributed by atoms with Gasteiger partial charge in [-0.25, -0.2) is 0 Å². The number of benzene rings is 1. The first-order valence-electron chi connectivity index (χ1n) is 9.53. The van der Waals surface area contributed by atoms with Gasteiger partial charge in [0.1, 0.15) is 5.76 Å². The molecule has 0 aliphatic rings. The van der Waals surface area contributed by atoms with Gasteiger partial charge in [-0.1, -0.05) is 5.16 Å². The van der Waals surface area contributed by atoms with Gasteiger partial charge in [-0.15, -0.1) is 24.0 Å². The Hall–Kier alpha value is -1.97. The van der Waals surface area contributed by atoms with E-state index in [1.54, 1.807) is 14.2 Å². The lowest BCUT2D eigenvalue weighted by atomic mass is 10.1. The second kappa shape index (κ2) is 11.9. The van der Waals surface area contributed by atoms with Crippen LogP contribution in [0.3, 0.4) is 0 Å². The minimum atomic E-state index is 0. The zero-order valence-corrected chi connectivity index (χ0v) is 20.8. The van der Waals surface area contributed by atoms with Crippen molar-refractivity contribution < 1.29 is 14.0 Å². The number of hydrogen-bond acceptors (Lipinski definition) is 5. The number of aryl methyl sites for hydroxylation is 3. The predicted molar refractivity (Wildman–Crippen MR) is 127 cm³/mol. The van der Waals surface area contributed by atoms with Crippen LogP contribution in [0.25, 0.3) is 0 Å². The van der Waals surface area contributed by atoms with Crippen molar-refractivity contribution in [3.63, 3.8) is 0 Å². The van der Waals surface area contributed by atoms with Crippen molar-refractivity contribution in [2.45, 2.75) is 40.7 Å². The Morgan fingerprint density at radius 1 is 1.17 bits per heavy atom. The van der Waals surface area contributed by atoms with Crippen molar-refractivity contribution in [3.05, 3.63) is 40.3 Å². The molecule has 0 atom stereocenters. The molecule has 162 valence electrons. The van der Waals surface area contributed by atoms with Crippen LogP contribution in [0.5, 0.6) is 11.5 Å². The van der Waals surface area contributed by atoms with E-state index in [0.717, 1.165) is 58.6 Å². The molecule has 29 heavy (non-hydrogen) atoms. The molecule has 0 fully saturated rings. The standard InChI is InChI=1S/C21H32N4O3.HI/c1-8-22-21(23-10-9-18-15(3)24-28-16(18)4)25(5)13-17-12-20(27-7)19(26-6)11-14(17)2;/h11-12H,8-10,13H2,1-7H3,(H,22,23);1H. The minimum absolute atomic E-state index is 0. The number of nitrogens with one attached hydrogen (secondary N) is 1. The molecule has 0 amide bonds. The van der Waals surface area contributed by atoms with Crippen molar-refractivity contribution >= 4 is 29.9 Å². The van der Waals surface area contributed by atoms with Gasteiger partial charge in [0, 0.05) is 32.2 Å². The molecule has 1 aromatic heterocycles. The van der Waals surface area contributed by atoms with Crippen LogP contribution in [0, 0.1) is 20.8 Å². The Morgan fingerprint density at radius 2 is 1.83 bits per heavy atom. The van der Waals surface area contributed by atoms with Crippen LogP contribution < -0.4 is 14.8 Å². The van der Waals surface area contributed by atoms with Gasteiger partial charge in [0.05, 0.1) is 19.9 Å². The number of nitrogens with zero attached hydrogens (tertiary/aromatic N) is 3. The van der Waals surface area contributed by atoms with Gasteiger partial charge in [0.25, 0.3) is 0 Å². The number of ether oxygens (including phenoxy) is 2. The lowest BCUT2D eigenvalue weighted by Crippen LogP contribution is -2.38. The van der Waals surface area contributed by atoms with Crippen LogP contribution in [0.2, 0.25) is 0 Å². The first-order chi connectivity index (χ1) is 13.4. The van der Waals surface area contributed by atoms with E-state index < -0.39 is 0 Å². The maximum Gasteiger partial charge on any atom is 0.193 e. The summed E-state index contributed by atoms with van der Waals surface area (Å²) in [7, 11) is 5.34. The van der Waals surface area contributed by atoms with Gasteiger partial charge in [-0.3, -0.25) is 4.99 Å². The Labute approximate surface area is 190 Å². The molecule has 7 nitrogen and oxygen atoms in total. The largest absolute Gasteiger partial charge is 0.493 e. The summed E-state index contributed by atoms with van der Waals surface area (Å²) in [4.78, 5) is 6.89. The predicted octanol–water partition coefficient (Wildman–Crippen LogP) is 3.88. The molecular weight excluding hydrogens is 483 g/mol. The zero-order valence-electron chi connectivity index (χ0n) is 18.5. The SMILES string of the molecule is CCNC(=NCCc1c(C)noc1C)N(C)Cc1cc(OC)c(OC)cc1C.I. The Balaban J connectivity index is 0.00000420. The third kappa shape index (κ3) is 6.52. The van der Waals surface area contributed by atoms with Gasteiger partial charge in [-0.05, 0) is 57.4 Å². The lowest BCUT2D eigenvalue weighted by molar-refractivity contribution is 0.353. The third-order valence-corrected chi connectivity index (χ3v) is 4.75. The van der Waals surface area contributed by atoms with Gasteiger partial charge < -0.3 is 24.2 Å². The fourth-order valence-corrected chi connectivity index (χ4v) is 3.13. The second-order valence-electron chi connectivity index (χ2n) is 6.78. The van der Waals surface area contributed by atoms with Gasteiger partial charge in [-0.2, -0.15) is 0 Å². The minimum Gasteiger partial charge on any atom is -0.493 e. The average Bonchev–Trinajstić information content (AvgIpc) is 3.00. The summed E-state index contributed by atoms with van der Waals surface area (Å²) in [6.07, 6.45) is 0.805. The maximum absolute atomic E-state index is 5.45. The second-order valence-corrected chi connectivity index (χ2v) is 6.78. The number of halogens is 1. The molecule has 2 aromatic rings. The van der Waals surface area contributed by atoms with E-state index in [2.05, 4.69) is 29.2 Å². The van der Waals surface area contributed by atoms with Crippen molar-refractivity contribution in [3.8, 4) is 11.5 Å². The van der Waals surface area contributed by atoms with Gasteiger partial charge >= 0.3 is 0 Å². The molecule has 0 spiro atoms. The highest BCUT2D eigenvalue weighted by atomic mass is 127. The highest BCUT2D eigenvalue weighted by Gasteiger charge is 2.13. The first kappa shape index (κ1) is 25.1. The van der Waals surface area contributed by atoms with E-state index in [9.17, 15) is 0 Å². The summed E-state index contributed by atoms with van der Waals surface area (Å²) in [6, 6.07) is 4.03. The van der Waals surface area contributed by atoms with E-state index in [1.165, 1.54) is 0 Å². The smallest absolute Gasteiger partial charge is 0.193 e. The van der Waals surface area contributed by atoms with Crippen molar-refractivity contribution in [2.24, 2.45) is 4.99 Å². The zero-order chi connectivity index (χ0) is 20.7. The fourth-order valence-electron chi connectivity index (χ4n) is 3.13. The van der Waals surface area contributed by atoms with Crippen LogP contribution >= 0.6 is 24.0 Å². The maximum atomic E-state index is 5.45. The third-order valence-electron chi connectivity index (χ3n) is 4.75. The molecule has 8 heteroatoms. The quantitative estimate of drug-likeness (QED) is 0.326. The normalized spacial score (nSPS) is 11.1. The van der Waals surface area contributed by atoms with Crippen molar-refractivity contribution in [1.29, 1.82) is 0 Å². The highest BCUT2D eigenvalue weighted by Crippen LogP contribution is 2.30. The summed E-state index contributed by atoms with van der Waals surface area (Å²) in [5.41, 5.74) is 4.39. The van der Waals surface area contributed by atoms with Crippen LogP contribution in [0.4, 0.5) is 0 Å². The number of aromatic nitrogens is 1. The highest BCUT2D eigenvalue weighted by molar-refractivity contribution is 14.0. The average molecular weight is 516 g/mol. The van der Waals surface area contributed by atoms with Crippen LogP contribution in [0.1, 0.15) is 35.1 Å². The van der Waals surface area contributed by atoms with E-state index in [-0.39, 0.29) is 24.0 Å². The van der Waals surface area contributed by atoms with E-state index in [0.29, 0.717) is 13.1 Å². The van der Waals surface area contributed by atoms with Crippen molar-refractivity contribution in [1.82, 2.24) is 15.4 Å². The van der Waals surface area contributed by atoms with Crippen LogP contribution in [-0.4, -0.2) is 50.4 Å². The Kier molecular flexibility index (Phi) is 10.3. The monoisotopic (exact) mass is 516 g/mol. The van der Waals surface area contributed by atoms with E-state index in [4.69, 9.17) is 19.0 Å². The molecule has 1 N–H and O–H groups in total. The Bertz CT molecular complexity index is 801. The summed E-state index contributed by atoms with van der Waals surface area (Å²) < 4.78 is 16.1. The summed E-state index contributed by atoms with van der Waals surface area (Å²) in [5.74, 6) is 3.21. The van der Waals surface area contributed by atoms with Gasteiger partial charge in [0.2, 0.25) is 0 Å². The molecule has 1 aromatic carbocycles. The number of methoxy groups -OCH3 is 2.